The number of aryl methyl sites for hydroxylation is 1. The van der Waals surface area contributed by atoms with Crippen molar-refractivity contribution in [2.45, 2.75) is 37.4 Å². The fourth-order valence-corrected chi connectivity index (χ4v) is 5.07. The molecule has 4 rings (SSSR count). The molecule has 2 atom stereocenters. The van der Waals surface area contributed by atoms with Crippen molar-refractivity contribution in [1.82, 2.24) is 20.6 Å². The molecule has 1 saturated heterocycles. The van der Waals surface area contributed by atoms with E-state index >= 15 is 0 Å². The highest BCUT2D eigenvalue weighted by atomic mass is 32.2. The molecular weight excluding hydrogens is 584 g/mol. The van der Waals surface area contributed by atoms with Crippen LogP contribution in [0.3, 0.4) is 0 Å². The van der Waals surface area contributed by atoms with Crippen molar-refractivity contribution in [3.05, 3.63) is 83.9 Å². The summed E-state index contributed by atoms with van der Waals surface area (Å²) in [7, 11) is -0.574. The van der Waals surface area contributed by atoms with E-state index in [0.29, 0.717) is 12.2 Å². The minimum Gasteiger partial charge on any atom is -0.494 e. The highest BCUT2D eigenvalue weighted by molar-refractivity contribution is 7.85. The van der Waals surface area contributed by atoms with Crippen molar-refractivity contribution in [1.29, 1.82) is 0 Å². The van der Waals surface area contributed by atoms with Crippen molar-refractivity contribution in [3.63, 3.8) is 0 Å². The third-order valence-electron chi connectivity index (χ3n) is 7.49. The van der Waals surface area contributed by atoms with Crippen molar-refractivity contribution < 1.29 is 32.4 Å². The second kappa shape index (κ2) is 17.2. The number of hydrogen-bond acceptors (Lipinski definition) is 9. The largest absolute Gasteiger partial charge is 0.494 e. The maximum atomic E-state index is 12.8. The molecule has 11 nitrogen and oxygen atoms in total. The van der Waals surface area contributed by atoms with E-state index in [-0.39, 0.29) is 16.8 Å². The van der Waals surface area contributed by atoms with Gasteiger partial charge in [0.15, 0.2) is 0 Å². The number of nitrogens with one attached hydrogen (secondary N) is 2. The van der Waals surface area contributed by atoms with Gasteiger partial charge in [0.1, 0.15) is 11.9 Å². The Balaban J connectivity index is 0.000000404. The van der Waals surface area contributed by atoms with Crippen LogP contribution in [0.5, 0.6) is 5.75 Å². The van der Waals surface area contributed by atoms with Crippen molar-refractivity contribution >= 4 is 16.0 Å². The standard InChI is InChI=1S/C25H36N4O4.C7H8O3S/c1-19(24(26-2)27-31)28(3)25(30)22-7-5-20(6-8-22)21-9-11-23(12-10-21)33-16-4-13-29-14-17-32-18-15-29;1-6-2-4-7(5-3-6)11(8,9)10/h5-12,19,24,26-27,31H,4,13-18H2,1-3H3;2-5H,1H3,(H,8,9,10). The van der Waals surface area contributed by atoms with Crippen molar-refractivity contribution in [3.8, 4) is 16.9 Å². The third kappa shape index (κ3) is 10.7. The van der Waals surface area contributed by atoms with Crippen LogP contribution in [0.4, 0.5) is 0 Å². The van der Waals surface area contributed by atoms with E-state index in [1.807, 2.05) is 62.4 Å². The maximum Gasteiger partial charge on any atom is 0.294 e. The zero-order chi connectivity index (χ0) is 32.1. The minimum atomic E-state index is -4.02. The van der Waals surface area contributed by atoms with Gasteiger partial charge in [0.2, 0.25) is 0 Å². The normalized spacial score (nSPS) is 15.0. The topological polar surface area (TPSA) is 141 Å². The Hall–Kier alpha value is -3.36. The van der Waals surface area contributed by atoms with Crippen molar-refractivity contribution in [2.75, 3.05) is 53.6 Å². The molecular formula is C32H44N4O7S. The number of amides is 1. The molecule has 0 saturated carbocycles. The molecule has 2 unspecified atom stereocenters. The van der Waals surface area contributed by atoms with E-state index in [4.69, 9.17) is 14.0 Å². The van der Waals surface area contributed by atoms with Gasteiger partial charge in [-0.3, -0.25) is 14.2 Å². The second-order valence-corrected chi connectivity index (χ2v) is 12.0. The minimum absolute atomic E-state index is 0.0666. The van der Waals surface area contributed by atoms with E-state index in [0.717, 1.165) is 61.7 Å². The van der Waals surface area contributed by atoms with Crippen LogP contribution in [0.2, 0.25) is 0 Å². The molecule has 3 aromatic carbocycles. The molecule has 1 amide bonds. The summed E-state index contributed by atoms with van der Waals surface area (Å²) >= 11 is 0. The predicted octanol–water partition coefficient (Wildman–Crippen LogP) is 3.68. The van der Waals surface area contributed by atoms with Crippen LogP contribution in [0.25, 0.3) is 11.1 Å². The van der Waals surface area contributed by atoms with Gasteiger partial charge in [0.25, 0.3) is 16.0 Å². The van der Waals surface area contributed by atoms with Gasteiger partial charge in [-0.2, -0.15) is 13.9 Å². The summed E-state index contributed by atoms with van der Waals surface area (Å²) < 4.78 is 40.8. The van der Waals surface area contributed by atoms with Gasteiger partial charge in [-0.25, -0.2) is 0 Å². The number of hydrogen-bond donors (Lipinski definition) is 4. The molecule has 1 fully saturated rings. The molecule has 1 aliphatic rings. The van der Waals surface area contributed by atoms with Crippen LogP contribution in [-0.4, -0.2) is 99.6 Å². The van der Waals surface area contributed by atoms with Crippen LogP contribution in [0.1, 0.15) is 29.3 Å². The number of morpholine rings is 1. The molecule has 0 spiro atoms. The highest BCUT2D eigenvalue weighted by Gasteiger charge is 2.23. The summed E-state index contributed by atoms with van der Waals surface area (Å²) in [6.07, 6.45) is 0.576. The summed E-state index contributed by atoms with van der Waals surface area (Å²) in [5.74, 6) is 0.755. The van der Waals surface area contributed by atoms with E-state index < -0.39 is 16.3 Å². The van der Waals surface area contributed by atoms with Crippen LogP contribution in [0.15, 0.2) is 77.7 Å². The Kier molecular flexibility index (Phi) is 13.7. The van der Waals surface area contributed by atoms with Gasteiger partial charge < -0.3 is 24.9 Å². The lowest BCUT2D eigenvalue weighted by Gasteiger charge is -2.31. The molecule has 0 radical (unpaired) electrons. The zero-order valence-corrected chi connectivity index (χ0v) is 26.6. The SMILES string of the molecule is CNC(NO)C(C)N(C)C(=O)c1ccc(-c2ccc(OCCCN3CCOCC3)cc2)cc1.Cc1ccc(S(=O)(=O)O)cc1. The second-order valence-electron chi connectivity index (χ2n) is 10.6. The first kappa shape index (κ1) is 35.1. The number of carbonyl (C=O) groups excluding carboxylic acids is 1. The Labute approximate surface area is 260 Å². The molecule has 1 aliphatic heterocycles. The Bertz CT molecular complexity index is 1390. The molecule has 0 aromatic heterocycles. The van der Waals surface area contributed by atoms with Crippen LogP contribution in [-0.2, 0) is 14.9 Å². The van der Waals surface area contributed by atoms with Gasteiger partial charge in [-0.1, -0.05) is 42.0 Å². The predicted molar refractivity (Wildman–Crippen MR) is 170 cm³/mol. The average molecular weight is 629 g/mol. The number of carbonyl (C=O) groups is 1. The number of nitrogens with zero attached hydrogens (tertiary/aromatic N) is 2. The lowest BCUT2D eigenvalue weighted by molar-refractivity contribution is 0.0358. The molecule has 0 bridgehead atoms. The molecule has 4 N–H and O–H groups in total. The monoisotopic (exact) mass is 628 g/mol. The highest BCUT2D eigenvalue weighted by Crippen LogP contribution is 2.23. The number of rotatable bonds is 12. The summed E-state index contributed by atoms with van der Waals surface area (Å²) in [6.45, 7) is 9.09. The van der Waals surface area contributed by atoms with Crippen LogP contribution in [0, 0.1) is 6.92 Å². The Morgan fingerprint density at radius 3 is 2.09 bits per heavy atom. The van der Waals surface area contributed by atoms with Gasteiger partial charge >= 0.3 is 0 Å². The Morgan fingerprint density at radius 1 is 1.00 bits per heavy atom. The van der Waals surface area contributed by atoms with E-state index in [1.165, 1.54) is 12.1 Å². The molecule has 0 aliphatic carbocycles. The van der Waals surface area contributed by atoms with Crippen molar-refractivity contribution in [2.24, 2.45) is 0 Å². The molecule has 1 heterocycles. The number of likely N-dealkylation sites (N-methyl/N-ethyl adjacent to an activating group) is 2. The lowest BCUT2D eigenvalue weighted by atomic mass is 10.0. The lowest BCUT2D eigenvalue weighted by Crippen LogP contribution is -2.54. The third-order valence-corrected chi connectivity index (χ3v) is 8.36. The fourth-order valence-electron chi connectivity index (χ4n) is 4.59. The van der Waals surface area contributed by atoms with Gasteiger partial charge in [0.05, 0.1) is 30.8 Å². The van der Waals surface area contributed by atoms with Crippen LogP contribution >= 0.6 is 0 Å². The number of hydroxylamine groups is 1. The quantitative estimate of drug-likeness (QED) is 0.102. The van der Waals surface area contributed by atoms with E-state index in [1.54, 1.807) is 31.1 Å². The number of benzene rings is 3. The van der Waals surface area contributed by atoms with Gasteiger partial charge in [0, 0.05) is 32.2 Å². The summed E-state index contributed by atoms with van der Waals surface area (Å²) in [6, 6.07) is 21.3. The molecule has 12 heteroatoms. The zero-order valence-electron chi connectivity index (χ0n) is 25.8. The van der Waals surface area contributed by atoms with E-state index in [2.05, 4.69) is 15.7 Å². The summed E-state index contributed by atoms with van der Waals surface area (Å²) in [5.41, 5.74) is 5.84. The summed E-state index contributed by atoms with van der Waals surface area (Å²) in [5, 5.41) is 12.2. The Morgan fingerprint density at radius 2 is 1.57 bits per heavy atom. The number of ether oxygens (including phenoxy) is 2. The smallest absolute Gasteiger partial charge is 0.294 e. The fraction of sp³-hybridized carbons (Fsp3) is 0.406. The maximum absolute atomic E-state index is 12.8. The van der Waals surface area contributed by atoms with Gasteiger partial charge in [-0.05, 0) is 74.8 Å². The summed E-state index contributed by atoms with van der Waals surface area (Å²) in [4.78, 5) is 16.7. The van der Waals surface area contributed by atoms with Crippen LogP contribution < -0.4 is 15.5 Å². The first-order valence-electron chi connectivity index (χ1n) is 14.5. The van der Waals surface area contributed by atoms with Gasteiger partial charge in [-0.15, -0.1) is 0 Å². The molecule has 3 aromatic rings. The average Bonchev–Trinajstić information content (AvgIpc) is 3.04. The first-order chi connectivity index (χ1) is 21.0. The molecule has 240 valence electrons. The van der Waals surface area contributed by atoms with E-state index in [9.17, 15) is 18.4 Å². The first-order valence-corrected chi connectivity index (χ1v) is 16.0. The molecule has 44 heavy (non-hydrogen) atoms.